The standard InChI is InChI=1S/C30H33FN4O5S/c1-19-8-9-22(26(15-28(36)37)25-10-11-27-30(29(25)31)32-33-34(27)3)14-24(19)17-35-16-20(2)40-18-23-7-5-4-6-21(23)12-13-41(35,38)39/h4-11,14,20,26H,12-13,15-18H2,1-3H3,(H,36,37)/t20-,26?/m1/s1. The Labute approximate surface area is 238 Å². The molecule has 3 aromatic carbocycles. The molecule has 0 saturated heterocycles. The topological polar surface area (TPSA) is 115 Å². The minimum atomic E-state index is -3.66. The lowest BCUT2D eigenvalue weighted by Gasteiger charge is -2.28. The molecule has 41 heavy (non-hydrogen) atoms. The molecule has 1 N–H and O–H groups in total. The van der Waals surface area contributed by atoms with E-state index in [1.165, 1.54) is 8.99 Å². The largest absolute Gasteiger partial charge is 0.481 e. The fourth-order valence-corrected chi connectivity index (χ4v) is 6.87. The van der Waals surface area contributed by atoms with Crippen molar-refractivity contribution >= 4 is 27.0 Å². The van der Waals surface area contributed by atoms with Crippen LogP contribution in [-0.2, 0) is 46.2 Å². The van der Waals surface area contributed by atoms with Crippen LogP contribution >= 0.6 is 0 Å². The Kier molecular flexibility index (Phi) is 8.21. The lowest BCUT2D eigenvalue weighted by Crippen LogP contribution is -2.39. The molecular formula is C30H33FN4O5S. The summed E-state index contributed by atoms with van der Waals surface area (Å²) in [6.45, 7) is 4.39. The molecule has 1 aliphatic heterocycles. The number of fused-ring (bicyclic) bond motifs is 2. The minimum absolute atomic E-state index is 0.0412. The number of hydrogen-bond donors (Lipinski definition) is 1. The number of carboxylic acids is 1. The van der Waals surface area contributed by atoms with E-state index in [1.807, 2.05) is 44.2 Å². The van der Waals surface area contributed by atoms with Gasteiger partial charge in [0.25, 0.3) is 0 Å². The van der Waals surface area contributed by atoms with Gasteiger partial charge in [-0.1, -0.05) is 53.7 Å². The normalized spacial score (nSPS) is 18.6. The number of nitrogens with zero attached hydrogens (tertiary/aromatic N) is 4. The number of aliphatic carboxylic acids is 1. The molecule has 1 unspecified atom stereocenters. The summed E-state index contributed by atoms with van der Waals surface area (Å²) < 4.78 is 51.7. The molecule has 5 rings (SSSR count). The van der Waals surface area contributed by atoms with Gasteiger partial charge in [0.15, 0.2) is 5.82 Å². The first-order chi connectivity index (χ1) is 19.5. The van der Waals surface area contributed by atoms with Crippen LogP contribution in [0.5, 0.6) is 0 Å². The molecule has 0 aliphatic carbocycles. The summed E-state index contributed by atoms with van der Waals surface area (Å²) in [5.74, 6) is -2.55. The first-order valence-corrected chi connectivity index (χ1v) is 15.1. The molecule has 2 atom stereocenters. The third-order valence-corrected chi connectivity index (χ3v) is 9.54. The highest BCUT2D eigenvalue weighted by Crippen LogP contribution is 2.34. The smallest absolute Gasteiger partial charge is 0.304 e. The van der Waals surface area contributed by atoms with Crippen LogP contribution in [0.3, 0.4) is 0 Å². The Morgan fingerprint density at radius 2 is 1.93 bits per heavy atom. The van der Waals surface area contributed by atoms with Crippen molar-refractivity contribution in [3.05, 3.63) is 93.8 Å². The van der Waals surface area contributed by atoms with Crippen LogP contribution in [0.4, 0.5) is 4.39 Å². The number of ether oxygens (including phenoxy) is 1. The second kappa shape index (κ2) is 11.7. The van der Waals surface area contributed by atoms with Gasteiger partial charge in [-0.25, -0.2) is 17.5 Å². The third-order valence-electron chi connectivity index (χ3n) is 7.75. The summed E-state index contributed by atoms with van der Waals surface area (Å²) in [6, 6.07) is 16.3. The second-order valence-electron chi connectivity index (χ2n) is 10.6. The number of sulfonamides is 1. The zero-order chi connectivity index (χ0) is 29.3. The van der Waals surface area contributed by atoms with Crippen LogP contribution in [0.1, 0.15) is 52.6 Å². The number of carboxylic acid groups (broad SMARTS) is 1. The van der Waals surface area contributed by atoms with Gasteiger partial charge in [0.2, 0.25) is 10.0 Å². The predicted molar refractivity (Wildman–Crippen MR) is 152 cm³/mol. The maximum atomic E-state index is 15.6. The Balaban J connectivity index is 1.49. The molecule has 216 valence electrons. The zero-order valence-electron chi connectivity index (χ0n) is 23.2. The molecule has 4 aromatic rings. The molecule has 1 aliphatic rings. The quantitative estimate of drug-likeness (QED) is 0.361. The van der Waals surface area contributed by atoms with Crippen molar-refractivity contribution in [1.29, 1.82) is 0 Å². The molecule has 11 heteroatoms. The molecule has 9 nitrogen and oxygen atoms in total. The minimum Gasteiger partial charge on any atom is -0.481 e. The lowest BCUT2D eigenvalue weighted by molar-refractivity contribution is -0.137. The molecule has 0 fully saturated rings. The number of rotatable bonds is 6. The Morgan fingerprint density at radius 1 is 1.17 bits per heavy atom. The summed E-state index contributed by atoms with van der Waals surface area (Å²) in [4.78, 5) is 11.9. The van der Waals surface area contributed by atoms with Crippen LogP contribution < -0.4 is 0 Å². The van der Waals surface area contributed by atoms with E-state index in [-0.39, 0.29) is 42.4 Å². The molecule has 0 saturated carbocycles. The molecule has 1 aromatic heterocycles. The Morgan fingerprint density at radius 3 is 2.68 bits per heavy atom. The maximum absolute atomic E-state index is 15.6. The number of aromatic nitrogens is 3. The lowest BCUT2D eigenvalue weighted by atomic mass is 9.86. The fourth-order valence-electron chi connectivity index (χ4n) is 5.36. The second-order valence-corrected chi connectivity index (χ2v) is 12.7. The van der Waals surface area contributed by atoms with E-state index >= 15 is 4.39 Å². The fraction of sp³-hybridized carbons (Fsp3) is 0.367. The van der Waals surface area contributed by atoms with Crippen molar-refractivity contribution in [2.45, 2.75) is 51.9 Å². The Hall–Kier alpha value is -3.67. The highest BCUT2D eigenvalue weighted by atomic mass is 32.2. The van der Waals surface area contributed by atoms with Crippen LogP contribution in [-0.4, -0.2) is 57.2 Å². The van der Waals surface area contributed by atoms with Gasteiger partial charge in [-0.15, -0.1) is 5.10 Å². The van der Waals surface area contributed by atoms with Crippen LogP contribution in [0, 0.1) is 12.7 Å². The van der Waals surface area contributed by atoms with Crippen molar-refractivity contribution in [2.75, 3.05) is 12.3 Å². The zero-order valence-corrected chi connectivity index (χ0v) is 24.1. The predicted octanol–water partition coefficient (Wildman–Crippen LogP) is 4.32. The summed E-state index contributed by atoms with van der Waals surface area (Å²) in [5, 5.41) is 17.5. The van der Waals surface area contributed by atoms with E-state index in [1.54, 1.807) is 31.3 Å². The van der Waals surface area contributed by atoms with E-state index in [4.69, 9.17) is 4.74 Å². The van der Waals surface area contributed by atoms with Gasteiger partial charge in [0.05, 0.1) is 30.4 Å². The summed E-state index contributed by atoms with van der Waals surface area (Å²) in [7, 11) is -2.01. The van der Waals surface area contributed by atoms with Crippen molar-refractivity contribution in [3.63, 3.8) is 0 Å². The first-order valence-electron chi connectivity index (χ1n) is 13.5. The number of aryl methyl sites for hydroxylation is 3. The number of halogens is 1. The number of benzene rings is 3. The van der Waals surface area contributed by atoms with Gasteiger partial charge in [-0.05, 0) is 59.7 Å². The van der Waals surface area contributed by atoms with Crippen LogP contribution in [0.25, 0.3) is 11.0 Å². The van der Waals surface area contributed by atoms with Gasteiger partial charge in [0.1, 0.15) is 5.52 Å². The van der Waals surface area contributed by atoms with Crippen molar-refractivity contribution in [2.24, 2.45) is 7.05 Å². The van der Waals surface area contributed by atoms with E-state index in [0.29, 0.717) is 29.7 Å². The average Bonchev–Trinajstić information content (AvgIpc) is 3.32. The summed E-state index contributed by atoms with van der Waals surface area (Å²) in [5.41, 5.74) is 4.84. The SMILES string of the molecule is Cc1ccc(C(CC(=O)O)c2ccc3c(nnn3C)c2F)cc1CN1C[C@@H](C)OCc2ccccc2CCS1(=O)=O. The van der Waals surface area contributed by atoms with Crippen molar-refractivity contribution in [3.8, 4) is 0 Å². The molecule has 0 bridgehead atoms. The highest BCUT2D eigenvalue weighted by Gasteiger charge is 2.28. The van der Waals surface area contributed by atoms with Crippen molar-refractivity contribution < 1.29 is 27.4 Å². The van der Waals surface area contributed by atoms with Crippen LogP contribution in [0.2, 0.25) is 0 Å². The van der Waals surface area contributed by atoms with Gasteiger partial charge < -0.3 is 9.84 Å². The maximum Gasteiger partial charge on any atom is 0.304 e. The van der Waals surface area contributed by atoms with Gasteiger partial charge >= 0.3 is 5.97 Å². The van der Waals surface area contributed by atoms with Gasteiger partial charge in [0, 0.05) is 26.1 Å². The van der Waals surface area contributed by atoms with Crippen LogP contribution in [0.15, 0.2) is 54.6 Å². The molecule has 0 radical (unpaired) electrons. The first kappa shape index (κ1) is 28.8. The number of hydrogen-bond acceptors (Lipinski definition) is 6. The molecule has 0 spiro atoms. The summed E-state index contributed by atoms with van der Waals surface area (Å²) in [6.07, 6.45) is -0.333. The summed E-state index contributed by atoms with van der Waals surface area (Å²) >= 11 is 0. The highest BCUT2D eigenvalue weighted by molar-refractivity contribution is 7.89. The van der Waals surface area contributed by atoms with E-state index < -0.39 is 27.7 Å². The van der Waals surface area contributed by atoms with Crippen molar-refractivity contribution in [1.82, 2.24) is 19.3 Å². The molecule has 2 heterocycles. The molecular weight excluding hydrogens is 547 g/mol. The number of carbonyl (C=O) groups is 1. The third kappa shape index (κ3) is 6.17. The van der Waals surface area contributed by atoms with E-state index in [2.05, 4.69) is 10.3 Å². The average molecular weight is 581 g/mol. The Bertz CT molecular complexity index is 1700. The van der Waals surface area contributed by atoms with Gasteiger partial charge in [-0.3, -0.25) is 4.79 Å². The van der Waals surface area contributed by atoms with Gasteiger partial charge in [-0.2, -0.15) is 4.31 Å². The molecule has 0 amide bonds. The van der Waals surface area contributed by atoms with E-state index in [0.717, 1.165) is 16.7 Å². The van der Waals surface area contributed by atoms with E-state index in [9.17, 15) is 18.3 Å². The monoisotopic (exact) mass is 580 g/mol.